The molecule has 0 amide bonds. The van der Waals surface area contributed by atoms with Crippen LogP contribution < -0.4 is 0 Å². The van der Waals surface area contributed by atoms with Crippen LogP contribution in [0.1, 0.15) is 61.3 Å². The van der Waals surface area contributed by atoms with Crippen LogP contribution in [0.5, 0.6) is 0 Å². The molecule has 1 fully saturated rings. The highest BCUT2D eigenvalue weighted by Gasteiger charge is 2.49. The molecule has 0 aromatic rings. The molecule has 124 valence electrons. The molecule has 2 unspecified atom stereocenters. The number of rotatable bonds is 3. The maximum atomic E-state index is 12.7. The Bertz CT molecular complexity index is 495. The van der Waals surface area contributed by atoms with Crippen molar-refractivity contribution in [1.82, 2.24) is 0 Å². The standard InChI is InChI=1S/C15H28O5S/c1-13(2,3)10-15(7,14(4,5)6)12(16)19-11-8-9-21(17,18)20-11/h11H,8-10H2,1-7H3. The van der Waals surface area contributed by atoms with E-state index in [1.54, 1.807) is 0 Å². The molecule has 1 aliphatic heterocycles. The van der Waals surface area contributed by atoms with Crippen molar-refractivity contribution < 1.29 is 22.1 Å². The van der Waals surface area contributed by atoms with Gasteiger partial charge in [0, 0.05) is 6.42 Å². The van der Waals surface area contributed by atoms with E-state index in [1.165, 1.54) is 0 Å². The van der Waals surface area contributed by atoms with Gasteiger partial charge in [-0.2, -0.15) is 8.42 Å². The molecule has 0 bridgehead atoms. The van der Waals surface area contributed by atoms with Gasteiger partial charge in [0.25, 0.3) is 10.1 Å². The Labute approximate surface area is 128 Å². The summed E-state index contributed by atoms with van der Waals surface area (Å²) in [5.74, 6) is -0.497. The number of hydrogen-bond acceptors (Lipinski definition) is 5. The van der Waals surface area contributed by atoms with Crippen molar-refractivity contribution in [1.29, 1.82) is 0 Å². The zero-order chi connectivity index (χ0) is 16.7. The van der Waals surface area contributed by atoms with Gasteiger partial charge in [0.1, 0.15) is 0 Å². The van der Waals surface area contributed by atoms with E-state index in [2.05, 4.69) is 20.8 Å². The highest BCUT2D eigenvalue weighted by molar-refractivity contribution is 7.86. The first-order valence-corrected chi connectivity index (χ1v) is 8.86. The number of carbonyl (C=O) groups is 1. The number of esters is 1. The van der Waals surface area contributed by atoms with E-state index in [-0.39, 0.29) is 23.0 Å². The average Bonchev–Trinajstić information content (AvgIpc) is 2.53. The van der Waals surface area contributed by atoms with Gasteiger partial charge in [-0.1, -0.05) is 41.5 Å². The van der Waals surface area contributed by atoms with E-state index in [1.807, 2.05) is 27.7 Å². The minimum Gasteiger partial charge on any atom is -0.434 e. The third-order valence-electron chi connectivity index (χ3n) is 4.09. The molecule has 1 heterocycles. The lowest BCUT2D eigenvalue weighted by atomic mass is 9.61. The topological polar surface area (TPSA) is 69.7 Å². The third kappa shape index (κ3) is 4.68. The van der Waals surface area contributed by atoms with E-state index < -0.39 is 27.8 Å². The summed E-state index contributed by atoms with van der Waals surface area (Å²) in [5.41, 5.74) is -1.08. The summed E-state index contributed by atoms with van der Waals surface area (Å²) >= 11 is 0. The van der Waals surface area contributed by atoms with Crippen molar-refractivity contribution in [2.75, 3.05) is 5.75 Å². The molecule has 21 heavy (non-hydrogen) atoms. The van der Waals surface area contributed by atoms with Crippen LogP contribution in [0.25, 0.3) is 0 Å². The summed E-state index contributed by atoms with van der Waals surface area (Å²) < 4.78 is 32.7. The average molecular weight is 320 g/mol. The van der Waals surface area contributed by atoms with Crippen LogP contribution in [-0.4, -0.2) is 26.4 Å². The lowest BCUT2D eigenvalue weighted by Crippen LogP contribution is -2.45. The Morgan fingerprint density at radius 1 is 1.14 bits per heavy atom. The molecule has 2 atom stereocenters. The molecule has 5 nitrogen and oxygen atoms in total. The molecule has 0 spiro atoms. The van der Waals surface area contributed by atoms with Crippen molar-refractivity contribution in [2.45, 2.75) is 67.6 Å². The zero-order valence-electron chi connectivity index (χ0n) is 14.1. The Morgan fingerprint density at radius 3 is 2.00 bits per heavy atom. The number of ether oxygens (including phenoxy) is 1. The molecule has 0 aliphatic carbocycles. The highest BCUT2D eigenvalue weighted by atomic mass is 32.2. The maximum absolute atomic E-state index is 12.7. The normalized spacial score (nSPS) is 25.4. The predicted octanol–water partition coefficient (Wildman–Crippen LogP) is 3.09. The molecular formula is C15H28O5S. The molecule has 0 aromatic heterocycles. The van der Waals surface area contributed by atoms with Crippen LogP contribution in [0.15, 0.2) is 0 Å². The Kier molecular flexibility index (Phi) is 4.86. The monoisotopic (exact) mass is 320 g/mol. The van der Waals surface area contributed by atoms with Gasteiger partial charge in [-0.15, -0.1) is 0 Å². The minimum atomic E-state index is -3.53. The Balaban J connectivity index is 2.92. The maximum Gasteiger partial charge on any atom is 0.314 e. The first-order chi connectivity index (χ1) is 9.16. The summed E-state index contributed by atoms with van der Waals surface area (Å²) in [6.07, 6.45) is -0.143. The summed E-state index contributed by atoms with van der Waals surface area (Å²) in [5, 5.41) is 0. The predicted molar refractivity (Wildman–Crippen MR) is 81.0 cm³/mol. The summed E-state index contributed by atoms with van der Waals surface area (Å²) in [4.78, 5) is 12.7. The lowest BCUT2D eigenvalue weighted by Gasteiger charge is -2.43. The first-order valence-electron chi connectivity index (χ1n) is 7.28. The number of carbonyl (C=O) groups excluding carboxylic acids is 1. The summed E-state index contributed by atoms with van der Waals surface area (Å²) in [6, 6.07) is 0. The van der Waals surface area contributed by atoms with E-state index in [0.717, 1.165) is 0 Å². The van der Waals surface area contributed by atoms with Crippen LogP contribution in [0.3, 0.4) is 0 Å². The molecule has 0 saturated carbocycles. The van der Waals surface area contributed by atoms with E-state index in [0.29, 0.717) is 6.42 Å². The second kappa shape index (κ2) is 5.54. The summed E-state index contributed by atoms with van der Waals surface area (Å²) in [7, 11) is -3.53. The highest BCUT2D eigenvalue weighted by Crippen LogP contribution is 2.47. The van der Waals surface area contributed by atoms with Crippen LogP contribution in [0, 0.1) is 16.2 Å². The molecule has 1 aliphatic rings. The Morgan fingerprint density at radius 2 is 1.67 bits per heavy atom. The molecular weight excluding hydrogens is 292 g/mol. The van der Waals surface area contributed by atoms with Crippen LogP contribution in [0.4, 0.5) is 0 Å². The van der Waals surface area contributed by atoms with Gasteiger partial charge in [-0.05, 0) is 24.2 Å². The fourth-order valence-electron chi connectivity index (χ4n) is 2.53. The molecule has 0 aromatic carbocycles. The molecule has 0 N–H and O–H groups in total. The van der Waals surface area contributed by atoms with Gasteiger partial charge >= 0.3 is 5.97 Å². The van der Waals surface area contributed by atoms with Crippen molar-refractivity contribution in [3.63, 3.8) is 0 Å². The quantitative estimate of drug-likeness (QED) is 0.590. The SMILES string of the molecule is CC(C)(C)CC(C)(C(=O)OC1CCS(=O)(=O)O1)C(C)(C)C. The Hall–Kier alpha value is -0.620. The van der Waals surface area contributed by atoms with Gasteiger partial charge in [-0.25, -0.2) is 4.18 Å². The second-order valence-corrected chi connectivity index (χ2v) is 10.0. The van der Waals surface area contributed by atoms with Crippen molar-refractivity contribution >= 4 is 16.1 Å². The zero-order valence-corrected chi connectivity index (χ0v) is 15.0. The van der Waals surface area contributed by atoms with E-state index in [4.69, 9.17) is 8.92 Å². The third-order valence-corrected chi connectivity index (χ3v) is 5.33. The van der Waals surface area contributed by atoms with Crippen molar-refractivity contribution in [3.8, 4) is 0 Å². The van der Waals surface area contributed by atoms with Gasteiger partial charge in [0.05, 0.1) is 11.2 Å². The minimum absolute atomic E-state index is 0.0519. The molecule has 1 saturated heterocycles. The van der Waals surface area contributed by atoms with Gasteiger partial charge in [0.15, 0.2) is 0 Å². The largest absolute Gasteiger partial charge is 0.434 e. The van der Waals surface area contributed by atoms with Crippen LogP contribution >= 0.6 is 0 Å². The van der Waals surface area contributed by atoms with Crippen molar-refractivity contribution in [2.24, 2.45) is 16.2 Å². The van der Waals surface area contributed by atoms with Gasteiger partial charge in [0.2, 0.25) is 6.29 Å². The van der Waals surface area contributed by atoms with E-state index >= 15 is 0 Å². The number of hydrogen-bond donors (Lipinski definition) is 0. The van der Waals surface area contributed by atoms with Crippen LogP contribution in [0.2, 0.25) is 0 Å². The second-order valence-electron chi connectivity index (χ2n) is 8.30. The smallest absolute Gasteiger partial charge is 0.314 e. The van der Waals surface area contributed by atoms with Gasteiger partial charge in [-0.3, -0.25) is 4.79 Å². The lowest BCUT2D eigenvalue weighted by molar-refractivity contribution is -0.182. The molecule has 1 rings (SSSR count). The first kappa shape index (κ1) is 18.4. The van der Waals surface area contributed by atoms with Crippen LogP contribution in [-0.2, 0) is 23.8 Å². The van der Waals surface area contributed by atoms with Crippen molar-refractivity contribution in [3.05, 3.63) is 0 Å². The fraction of sp³-hybridized carbons (Fsp3) is 0.933. The molecule has 6 heteroatoms. The molecule has 0 radical (unpaired) electrons. The summed E-state index contributed by atoms with van der Waals surface area (Å²) in [6.45, 7) is 14.1. The van der Waals surface area contributed by atoms with E-state index in [9.17, 15) is 13.2 Å². The fourth-order valence-corrected chi connectivity index (χ4v) is 3.57. The van der Waals surface area contributed by atoms with Gasteiger partial charge < -0.3 is 4.74 Å².